The van der Waals surface area contributed by atoms with Crippen LogP contribution in [0.25, 0.3) is 0 Å². The number of aryl methyl sites for hydroxylation is 1. The molecule has 1 aromatic heterocycles. The molecule has 80 valence electrons. The second-order valence-corrected chi connectivity index (χ2v) is 4.03. The van der Waals surface area contributed by atoms with Crippen LogP contribution in [0.5, 0.6) is 5.88 Å². The van der Waals surface area contributed by atoms with E-state index < -0.39 is 0 Å². The normalized spacial score (nSPS) is 16.6. The highest BCUT2D eigenvalue weighted by atomic mass is 16.5. The molecule has 0 aromatic carbocycles. The van der Waals surface area contributed by atoms with E-state index in [1.54, 1.807) is 6.20 Å². The lowest BCUT2D eigenvalue weighted by Gasteiger charge is -2.13. The third kappa shape index (κ3) is 2.35. The third-order valence-corrected chi connectivity index (χ3v) is 2.77. The molecule has 1 fully saturated rings. The Kier molecular flexibility index (Phi) is 2.99. The predicted octanol–water partition coefficient (Wildman–Crippen LogP) is 2.52. The first kappa shape index (κ1) is 10.1. The number of rotatable bonds is 3. The number of ether oxygens (including phenoxy) is 1. The van der Waals surface area contributed by atoms with Gasteiger partial charge in [0.1, 0.15) is 6.10 Å². The van der Waals surface area contributed by atoms with Crippen LogP contribution < -0.4 is 4.74 Å². The summed E-state index contributed by atoms with van der Waals surface area (Å²) in [4.78, 5) is 14.7. The maximum absolute atomic E-state index is 10.5. The molecule has 0 N–H and O–H groups in total. The molecule has 0 saturated heterocycles. The molecular formula is C12H15NO2. The summed E-state index contributed by atoms with van der Waals surface area (Å²) in [5.74, 6) is 0.674. The molecular weight excluding hydrogens is 190 g/mol. The van der Waals surface area contributed by atoms with E-state index in [0.29, 0.717) is 17.5 Å². The molecule has 2 rings (SSSR count). The summed E-state index contributed by atoms with van der Waals surface area (Å²) >= 11 is 0. The fourth-order valence-electron chi connectivity index (χ4n) is 1.94. The first-order valence-electron chi connectivity index (χ1n) is 5.38. The van der Waals surface area contributed by atoms with Crippen LogP contribution in [0.4, 0.5) is 0 Å². The van der Waals surface area contributed by atoms with Crippen molar-refractivity contribution in [2.45, 2.75) is 38.7 Å². The Hall–Kier alpha value is -1.38. The zero-order valence-corrected chi connectivity index (χ0v) is 8.90. The highest BCUT2D eigenvalue weighted by molar-refractivity contribution is 5.74. The monoisotopic (exact) mass is 205 g/mol. The van der Waals surface area contributed by atoms with Crippen LogP contribution in [0.15, 0.2) is 12.3 Å². The molecule has 1 aliphatic carbocycles. The van der Waals surface area contributed by atoms with Crippen LogP contribution in [0.1, 0.15) is 41.6 Å². The minimum absolute atomic E-state index is 0.318. The van der Waals surface area contributed by atoms with Gasteiger partial charge in [-0.2, -0.15) is 0 Å². The predicted molar refractivity (Wildman–Crippen MR) is 57.2 cm³/mol. The van der Waals surface area contributed by atoms with Crippen molar-refractivity contribution in [3.8, 4) is 5.88 Å². The van der Waals surface area contributed by atoms with Crippen molar-refractivity contribution >= 4 is 6.29 Å². The zero-order chi connectivity index (χ0) is 10.7. The Balaban J connectivity index is 2.10. The van der Waals surface area contributed by atoms with E-state index in [1.165, 1.54) is 12.8 Å². The van der Waals surface area contributed by atoms with Gasteiger partial charge < -0.3 is 4.74 Å². The molecule has 0 radical (unpaired) electrons. The maximum Gasteiger partial charge on any atom is 0.216 e. The van der Waals surface area contributed by atoms with Crippen molar-refractivity contribution in [3.05, 3.63) is 23.4 Å². The first-order valence-corrected chi connectivity index (χ1v) is 5.38. The van der Waals surface area contributed by atoms with Crippen molar-refractivity contribution in [1.82, 2.24) is 4.98 Å². The van der Waals surface area contributed by atoms with E-state index in [4.69, 9.17) is 4.74 Å². The Morgan fingerprint density at radius 1 is 1.47 bits per heavy atom. The molecule has 3 nitrogen and oxygen atoms in total. The van der Waals surface area contributed by atoms with E-state index in [-0.39, 0.29) is 0 Å². The summed E-state index contributed by atoms with van der Waals surface area (Å²) in [5, 5.41) is 0. The summed E-state index contributed by atoms with van der Waals surface area (Å²) in [6, 6.07) is 1.81. The minimum Gasteiger partial charge on any atom is -0.474 e. The second-order valence-electron chi connectivity index (χ2n) is 4.03. The van der Waals surface area contributed by atoms with Gasteiger partial charge in [0.15, 0.2) is 6.29 Å². The van der Waals surface area contributed by atoms with Crippen LogP contribution >= 0.6 is 0 Å². The molecule has 15 heavy (non-hydrogen) atoms. The Labute approximate surface area is 89.5 Å². The average Bonchev–Trinajstić information content (AvgIpc) is 2.74. The van der Waals surface area contributed by atoms with Crippen molar-refractivity contribution < 1.29 is 9.53 Å². The quantitative estimate of drug-likeness (QED) is 0.712. The van der Waals surface area contributed by atoms with E-state index >= 15 is 0 Å². The molecule has 3 heteroatoms. The number of aldehydes is 1. The SMILES string of the molecule is Cc1cc(C=O)cnc1OC1CCCC1. The van der Waals surface area contributed by atoms with Crippen molar-refractivity contribution in [2.24, 2.45) is 0 Å². The Morgan fingerprint density at radius 2 is 2.20 bits per heavy atom. The van der Waals surface area contributed by atoms with Crippen molar-refractivity contribution in [1.29, 1.82) is 0 Å². The summed E-state index contributed by atoms with van der Waals surface area (Å²) < 4.78 is 5.78. The van der Waals surface area contributed by atoms with Gasteiger partial charge in [0.05, 0.1) is 0 Å². The zero-order valence-electron chi connectivity index (χ0n) is 8.90. The molecule has 1 saturated carbocycles. The van der Waals surface area contributed by atoms with Gasteiger partial charge >= 0.3 is 0 Å². The second kappa shape index (κ2) is 4.43. The van der Waals surface area contributed by atoms with Gasteiger partial charge in [-0.15, -0.1) is 0 Å². The number of aromatic nitrogens is 1. The fraction of sp³-hybridized carbons (Fsp3) is 0.500. The van der Waals surface area contributed by atoms with Crippen LogP contribution in [0.2, 0.25) is 0 Å². The van der Waals surface area contributed by atoms with Gasteiger partial charge in [-0.25, -0.2) is 4.98 Å². The number of hydrogen-bond donors (Lipinski definition) is 0. The van der Waals surface area contributed by atoms with E-state index in [1.807, 2.05) is 13.0 Å². The molecule has 0 spiro atoms. The lowest BCUT2D eigenvalue weighted by atomic mass is 10.2. The van der Waals surface area contributed by atoms with Gasteiger partial charge in [0.2, 0.25) is 5.88 Å². The first-order chi connectivity index (χ1) is 7.29. The third-order valence-electron chi connectivity index (χ3n) is 2.77. The van der Waals surface area contributed by atoms with E-state index in [2.05, 4.69) is 4.98 Å². The van der Waals surface area contributed by atoms with Crippen LogP contribution in [-0.2, 0) is 0 Å². The van der Waals surface area contributed by atoms with Gasteiger partial charge in [-0.3, -0.25) is 4.79 Å². The molecule has 0 atom stereocenters. The van der Waals surface area contributed by atoms with Crippen molar-refractivity contribution in [2.75, 3.05) is 0 Å². The lowest BCUT2D eigenvalue weighted by Crippen LogP contribution is -2.12. The Bertz CT molecular complexity index is 357. The van der Waals surface area contributed by atoms with E-state index in [9.17, 15) is 4.79 Å². The number of carbonyl (C=O) groups is 1. The summed E-state index contributed by atoms with van der Waals surface area (Å²) in [6.07, 6.45) is 7.42. The van der Waals surface area contributed by atoms with Gasteiger partial charge in [-0.05, 0) is 38.7 Å². The van der Waals surface area contributed by atoms with Crippen LogP contribution in [0, 0.1) is 6.92 Å². The minimum atomic E-state index is 0.318. The maximum atomic E-state index is 10.5. The smallest absolute Gasteiger partial charge is 0.216 e. The van der Waals surface area contributed by atoms with E-state index in [0.717, 1.165) is 24.7 Å². The highest BCUT2D eigenvalue weighted by Crippen LogP contribution is 2.24. The topological polar surface area (TPSA) is 39.2 Å². The highest BCUT2D eigenvalue weighted by Gasteiger charge is 2.17. The molecule has 0 unspecified atom stereocenters. The molecule has 1 heterocycles. The molecule has 0 amide bonds. The number of nitrogens with zero attached hydrogens (tertiary/aromatic N) is 1. The number of hydrogen-bond acceptors (Lipinski definition) is 3. The average molecular weight is 205 g/mol. The Morgan fingerprint density at radius 3 is 2.80 bits per heavy atom. The largest absolute Gasteiger partial charge is 0.474 e. The molecule has 1 aromatic rings. The summed E-state index contributed by atoms with van der Waals surface area (Å²) in [5.41, 5.74) is 1.54. The molecule has 0 bridgehead atoms. The standard InChI is InChI=1S/C12H15NO2/c1-9-6-10(8-14)7-13-12(9)15-11-4-2-3-5-11/h6-8,11H,2-5H2,1H3. The van der Waals surface area contributed by atoms with Crippen molar-refractivity contribution in [3.63, 3.8) is 0 Å². The van der Waals surface area contributed by atoms with Gasteiger partial charge in [0.25, 0.3) is 0 Å². The van der Waals surface area contributed by atoms with Crippen LogP contribution in [0.3, 0.4) is 0 Å². The molecule has 0 aliphatic heterocycles. The summed E-state index contributed by atoms with van der Waals surface area (Å²) in [7, 11) is 0. The van der Waals surface area contributed by atoms with Crippen LogP contribution in [-0.4, -0.2) is 17.4 Å². The fourth-order valence-corrected chi connectivity index (χ4v) is 1.94. The van der Waals surface area contributed by atoms with Gasteiger partial charge in [-0.1, -0.05) is 0 Å². The summed E-state index contributed by atoms with van der Waals surface area (Å²) in [6.45, 7) is 1.92. The molecule has 1 aliphatic rings. The lowest BCUT2D eigenvalue weighted by molar-refractivity contribution is 0.112. The number of carbonyl (C=O) groups excluding carboxylic acids is 1. The van der Waals surface area contributed by atoms with Gasteiger partial charge in [0, 0.05) is 17.3 Å². The number of pyridine rings is 1.